The van der Waals surface area contributed by atoms with Gasteiger partial charge in [0.15, 0.2) is 9.84 Å². The van der Waals surface area contributed by atoms with Gasteiger partial charge in [0.25, 0.3) is 0 Å². The smallest absolute Gasteiger partial charge is 0.179 e. The molecule has 18 heavy (non-hydrogen) atoms. The van der Waals surface area contributed by atoms with Crippen LogP contribution in [0, 0.1) is 23.2 Å². The predicted octanol–water partition coefficient (Wildman–Crippen LogP) is 0.945. The lowest BCUT2D eigenvalue weighted by Crippen LogP contribution is -2.23. The molecule has 1 aromatic carbocycles. The van der Waals surface area contributed by atoms with E-state index in [4.69, 9.17) is 5.26 Å². The van der Waals surface area contributed by atoms with Crippen molar-refractivity contribution in [3.8, 4) is 17.9 Å². The molecule has 94 valence electrons. The minimum atomic E-state index is -3.29. The van der Waals surface area contributed by atoms with Crippen molar-refractivity contribution in [2.45, 2.75) is 11.8 Å². The second kappa shape index (κ2) is 6.80. The first-order chi connectivity index (χ1) is 8.60. The predicted molar refractivity (Wildman–Crippen MR) is 69.5 cm³/mol. The Kier molecular flexibility index (Phi) is 5.38. The Hall–Kier alpha value is -1.82. The maximum atomic E-state index is 11.9. The molecule has 0 saturated heterocycles. The number of rotatable bonds is 5. The van der Waals surface area contributed by atoms with Crippen molar-refractivity contribution < 1.29 is 8.42 Å². The summed E-state index contributed by atoms with van der Waals surface area (Å²) in [4.78, 5) is 0.241. The molecule has 0 amide bonds. The highest BCUT2D eigenvalue weighted by Gasteiger charge is 2.13. The molecule has 0 aromatic heterocycles. The third-order valence-electron chi connectivity index (χ3n) is 2.28. The number of hydrogen-bond donors (Lipinski definition) is 1. The van der Waals surface area contributed by atoms with Gasteiger partial charge in [-0.05, 0) is 31.2 Å². The Bertz CT molecular complexity index is 587. The average Bonchev–Trinajstić information content (AvgIpc) is 2.38. The van der Waals surface area contributed by atoms with E-state index in [1.807, 2.05) is 6.07 Å². The SMILES string of the molecule is CC#CCNCCS(=O)(=O)c1ccc(C#N)cc1. The van der Waals surface area contributed by atoms with Gasteiger partial charge in [-0.25, -0.2) is 8.42 Å². The summed E-state index contributed by atoms with van der Waals surface area (Å²) < 4.78 is 23.8. The summed E-state index contributed by atoms with van der Waals surface area (Å²) in [5.41, 5.74) is 0.449. The number of nitrogens with zero attached hydrogens (tertiary/aromatic N) is 1. The van der Waals surface area contributed by atoms with Crippen LogP contribution in [0.3, 0.4) is 0 Å². The zero-order chi connectivity index (χ0) is 13.4. The lowest BCUT2D eigenvalue weighted by molar-refractivity contribution is 0.593. The minimum Gasteiger partial charge on any atom is -0.305 e. The van der Waals surface area contributed by atoms with Gasteiger partial charge in [-0.2, -0.15) is 5.26 Å². The van der Waals surface area contributed by atoms with E-state index in [1.165, 1.54) is 24.3 Å². The van der Waals surface area contributed by atoms with Crippen LogP contribution in [-0.2, 0) is 9.84 Å². The summed E-state index contributed by atoms with van der Waals surface area (Å²) in [6.07, 6.45) is 0. The minimum absolute atomic E-state index is 0.0181. The third kappa shape index (κ3) is 4.21. The summed E-state index contributed by atoms with van der Waals surface area (Å²) in [6.45, 7) is 2.57. The number of benzene rings is 1. The maximum Gasteiger partial charge on any atom is 0.179 e. The van der Waals surface area contributed by atoms with Gasteiger partial charge in [-0.3, -0.25) is 0 Å². The molecule has 0 radical (unpaired) electrons. The van der Waals surface area contributed by atoms with Crippen LogP contribution in [0.15, 0.2) is 29.2 Å². The van der Waals surface area contributed by atoms with E-state index < -0.39 is 9.84 Å². The maximum absolute atomic E-state index is 11.9. The summed E-state index contributed by atoms with van der Waals surface area (Å²) in [6, 6.07) is 7.87. The van der Waals surface area contributed by atoms with Crippen LogP contribution in [0.25, 0.3) is 0 Å². The van der Waals surface area contributed by atoms with Crippen LogP contribution in [0.5, 0.6) is 0 Å². The number of sulfone groups is 1. The third-order valence-corrected chi connectivity index (χ3v) is 4.01. The summed E-state index contributed by atoms with van der Waals surface area (Å²) in [5, 5.41) is 11.6. The molecule has 1 aromatic rings. The fourth-order valence-electron chi connectivity index (χ4n) is 1.30. The summed E-state index contributed by atoms with van der Waals surface area (Å²) >= 11 is 0. The van der Waals surface area contributed by atoms with E-state index >= 15 is 0 Å². The molecule has 0 atom stereocenters. The molecule has 0 unspecified atom stereocenters. The molecule has 0 aliphatic heterocycles. The van der Waals surface area contributed by atoms with Crippen molar-refractivity contribution in [2.24, 2.45) is 0 Å². The summed E-state index contributed by atoms with van der Waals surface area (Å²) in [5.74, 6) is 5.53. The molecule has 0 fully saturated rings. The zero-order valence-electron chi connectivity index (χ0n) is 10.1. The molecule has 5 heteroatoms. The molecule has 0 heterocycles. The Morgan fingerprint density at radius 3 is 2.50 bits per heavy atom. The van der Waals surface area contributed by atoms with Crippen LogP contribution >= 0.6 is 0 Å². The van der Waals surface area contributed by atoms with Gasteiger partial charge >= 0.3 is 0 Å². The van der Waals surface area contributed by atoms with Crippen molar-refractivity contribution in [1.29, 1.82) is 5.26 Å². The fraction of sp³-hybridized carbons (Fsp3) is 0.308. The zero-order valence-corrected chi connectivity index (χ0v) is 10.9. The second-order valence-electron chi connectivity index (χ2n) is 3.56. The topological polar surface area (TPSA) is 70.0 Å². The molecule has 0 saturated carbocycles. The quantitative estimate of drug-likeness (QED) is 0.633. The number of hydrogen-bond acceptors (Lipinski definition) is 4. The van der Waals surface area contributed by atoms with Crippen LogP contribution in [0.2, 0.25) is 0 Å². The van der Waals surface area contributed by atoms with Crippen LogP contribution in [0.1, 0.15) is 12.5 Å². The Morgan fingerprint density at radius 1 is 1.28 bits per heavy atom. The van der Waals surface area contributed by atoms with Gasteiger partial charge < -0.3 is 5.32 Å². The van der Waals surface area contributed by atoms with E-state index in [-0.39, 0.29) is 10.6 Å². The molecule has 0 aliphatic rings. The molecule has 4 nitrogen and oxygen atoms in total. The van der Waals surface area contributed by atoms with Crippen LogP contribution < -0.4 is 5.32 Å². The first-order valence-corrected chi connectivity index (χ1v) is 7.08. The van der Waals surface area contributed by atoms with E-state index in [1.54, 1.807) is 6.92 Å². The monoisotopic (exact) mass is 262 g/mol. The Morgan fingerprint density at radius 2 is 1.94 bits per heavy atom. The first kappa shape index (κ1) is 14.2. The number of nitrogens with one attached hydrogen (secondary N) is 1. The van der Waals surface area contributed by atoms with Gasteiger partial charge in [0, 0.05) is 6.54 Å². The fourth-order valence-corrected chi connectivity index (χ4v) is 2.50. The van der Waals surface area contributed by atoms with Crippen molar-refractivity contribution >= 4 is 9.84 Å². The summed E-state index contributed by atoms with van der Waals surface area (Å²) in [7, 11) is -3.29. The van der Waals surface area contributed by atoms with E-state index in [0.29, 0.717) is 18.7 Å². The lowest BCUT2D eigenvalue weighted by Gasteiger charge is -2.04. The number of nitriles is 1. The van der Waals surface area contributed by atoms with Crippen molar-refractivity contribution in [2.75, 3.05) is 18.8 Å². The van der Waals surface area contributed by atoms with Gasteiger partial charge in [-0.1, -0.05) is 5.92 Å². The van der Waals surface area contributed by atoms with E-state index in [2.05, 4.69) is 17.2 Å². The second-order valence-corrected chi connectivity index (χ2v) is 5.67. The molecular formula is C13H14N2O2S. The highest BCUT2D eigenvalue weighted by Crippen LogP contribution is 2.11. The van der Waals surface area contributed by atoms with Crippen molar-refractivity contribution in [3.05, 3.63) is 29.8 Å². The highest BCUT2D eigenvalue weighted by molar-refractivity contribution is 7.91. The highest BCUT2D eigenvalue weighted by atomic mass is 32.2. The molecule has 1 N–H and O–H groups in total. The normalized spacial score (nSPS) is 10.2. The van der Waals surface area contributed by atoms with Crippen LogP contribution in [0.4, 0.5) is 0 Å². The van der Waals surface area contributed by atoms with Gasteiger partial charge in [0.05, 0.1) is 28.8 Å². The van der Waals surface area contributed by atoms with Gasteiger partial charge in [-0.15, -0.1) is 5.92 Å². The molecule has 1 rings (SSSR count). The van der Waals surface area contributed by atoms with Gasteiger partial charge in [0.2, 0.25) is 0 Å². The molecular weight excluding hydrogens is 248 g/mol. The van der Waals surface area contributed by atoms with Crippen molar-refractivity contribution in [1.82, 2.24) is 5.32 Å². The largest absolute Gasteiger partial charge is 0.305 e. The van der Waals surface area contributed by atoms with Crippen LogP contribution in [-0.4, -0.2) is 27.3 Å². The lowest BCUT2D eigenvalue weighted by atomic mass is 10.2. The Labute approximate surface area is 108 Å². The molecule has 0 aliphatic carbocycles. The van der Waals surface area contributed by atoms with E-state index in [0.717, 1.165) is 0 Å². The molecule has 0 spiro atoms. The van der Waals surface area contributed by atoms with E-state index in [9.17, 15) is 8.42 Å². The average molecular weight is 262 g/mol. The van der Waals surface area contributed by atoms with Crippen molar-refractivity contribution in [3.63, 3.8) is 0 Å². The molecule has 0 bridgehead atoms. The van der Waals surface area contributed by atoms with Gasteiger partial charge in [0.1, 0.15) is 0 Å². The standard InChI is InChI=1S/C13H14N2O2S/c1-2-3-8-15-9-10-18(16,17)13-6-4-12(11-14)5-7-13/h4-7,15H,8-10H2,1H3. The Balaban J connectivity index is 2.62. The first-order valence-electron chi connectivity index (χ1n) is 5.43.